The van der Waals surface area contributed by atoms with Gasteiger partial charge in [-0.3, -0.25) is 9.59 Å². The van der Waals surface area contributed by atoms with Crippen molar-refractivity contribution in [3.05, 3.63) is 101 Å². The summed E-state index contributed by atoms with van der Waals surface area (Å²) in [6.07, 6.45) is -2.29. The number of carboxylic acid groups (broad SMARTS) is 3. The summed E-state index contributed by atoms with van der Waals surface area (Å²) in [7, 11) is 0. The number of halogens is 1. The topological polar surface area (TPSA) is 145 Å². The molecular formula is C32H36ClNO8. The van der Waals surface area contributed by atoms with Crippen molar-refractivity contribution in [2.45, 2.75) is 32.3 Å². The van der Waals surface area contributed by atoms with Crippen LogP contribution in [0, 0.1) is 0 Å². The molecule has 0 radical (unpaired) electrons. The molecule has 4 N–H and O–H groups in total. The summed E-state index contributed by atoms with van der Waals surface area (Å²) in [6, 6.07) is 14.6. The molecule has 0 fully saturated rings. The highest BCUT2D eigenvalue weighted by Crippen LogP contribution is 2.35. The molecule has 0 atom stereocenters. The molecule has 3 aromatic carbocycles. The van der Waals surface area contributed by atoms with Crippen LogP contribution in [0.3, 0.4) is 0 Å². The van der Waals surface area contributed by atoms with Crippen LogP contribution in [0.25, 0.3) is 10.6 Å². The smallest absolute Gasteiger partial charge is 0.336 e. The number of aliphatic carboxylic acids is 3. The lowest BCUT2D eigenvalue weighted by Gasteiger charge is -2.18. The molecular weight excluding hydrogens is 562 g/mol. The van der Waals surface area contributed by atoms with E-state index in [-0.39, 0.29) is 17.6 Å². The van der Waals surface area contributed by atoms with E-state index in [0.29, 0.717) is 34.1 Å². The lowest BCUT2D eigenvalue weighted by atomic mass is 9.95. The third-order valence-corrected chi connectivity index (χ3v) is 6.40. The Morgan fingerprint density at radius 2 is 1.38 bits per heavy atom. The molecule has 0 unspecified atom stereocenters. The van der Waals surface area contributed by atoms with Crippen LogP contribution in [0.15, 0.2) is 84.8 Å². The van der Waals surface area contributed by atoms with Crippen molar-refractivity contribution in [2.24, 2.45) is 0 Å². The Bertz CT molecular complexity index is 1550. The number of ether oxygens (including phenoxy) is 1. The van der Waals surface area contributed by atoms with Gasteiger partial charge in [0.25, 0.3) is 0 Å². The lowest BCUT2D eigenvalue weighted by Crippen LogP contribution is -2.42. The Balaban J connectivity index is 0.000000500. The first-order valence-electron chi connectivity index (χ1n) is 15.4. The molecule has 0 aliphatic rings. The third kappa shape index (κ3) is 10.7. The van der Waals surface area contributed by atoms with E-state index in [2.05, 4.69) is 18.7 Å². The zero-order valence-electron chi connectivity index (χ0n) is 28.2. The molecule has 42 heavy (non-hydrogen) atoms. The molecule has 0 amide bonds. The van der Waals surface area contributed by atoms with Crippen molar-refractivity contribution >= 4 is 40.1 Å². The van der Waals surface area contributed by atoms with Gasteiger partial charge in [-0.25, -0.2) is 4.79 Å². The molecule has 224 valence electrons. The Morgan fingerprint density at radius 3 is 1.86 bits per heavy atom. The fourth-order valence-electron chi connectivity index (χ4n) is 3.75. The molecule has 3 rings (SSSR count). The van der Waals surface area contributed by atoms with E-state index in [4.69, 9.17) is 43.6 Å². The molecule has 9 nitrogen and oxygen atoms in total. The molecule has 0 aliphatic carbocycles. The van der Waals surface area contributed by atoms with E-state index < -0.39 is 54.5 Å². The zero-order valence-corrected chi connectivity index (χ0v) is 23.9. The van der Waals surface area contributed by atoms with Crippen molar-refractivity contribution in [1.82, 2.24) is 4.90 Å². The van der Waals surface area contributed by atoms with Crippen molar-refractivity contribution in [1.29, 1.82) is 0 Å². The molecule has 0 aliphatic heterocycles. The molecule has 0 heterocycles. The van der Waals surface area contributed by atoms with E-state index >= 15 is 0 Å². The highest BCUT2D eigenvalue weighted by atomic mass is 35.5. The van der Waals surface area contributed by atoms with Crippen LogP contribution in [-0.4, -0.2) is 75.1 Å². The average molecular weight is 603 g/mol. The lowest BCUT2D eigenvalue weighted by molar-refractivity contribution is -0.170. The van der Waals surface area contributed by atoms with Gasteiger partial charge in [-0.15, -0.1) is 0 Å². The van der Waals surface area contributed by atoms with Crippen LogP contribution in [0.5, 0.6) is 5.75 Å². The summed E-state index contributed by atoms with van der Waals surface area (Å²) >= 11 is 6.83. The maximum absolute atomic E-state index is 10.3. The number of nitrogens with zero attached hydrogens (tertiary/aromatic N) is 1. The SMILES string of the molecule is O=C(O)CC(O)(CC(=O)O)C(=O)O.[2H]c1c([2H])c([2H])c(C(=C(Cl)c2ccccc2)c2ccc(OCCN(CC)CC)cc2)c([2H])c1[2H]. The highest BCUT2D eigenvalue weighted by Gasteiger charge is 2.40. The first kappa shape index (κ1) is 26.7. The van der Waals surface area contributed by atoms with Crippen LogP contribution in [0.1, 0.15) is 50.2 Å². The largest absolute Gasteiger partial charge is 0.492 e. The maximum atomic E-state index is 10.3. The standard InChI is InChI=1S/C26H28ClNO.C6H8O7/c1-3-28(4-2)19-20-29-24-17-15-22(16-18-24)25(21-11-7-5-8-12-21)26(27)23-13-9-6-10-14-23;7-3(8)1-6(13,5(11)12)2-4(9)10/h5-18H,3-4,19-20H2,1-2H3;13H,1-2H2,(H,7,8)(H,9,10)(H,11,12)/i5D,7D,8D,11D,12D;. The van der Waals surface area contributed by atoms with Gasteiger partial charge in [0.2, 0.25) is 0 Å². The van der Waals surface area contributed by atoms with Crippen molar-refractivity contribution in [3.63, 3.8) is 0 Å². The third-order valence-electron chi connectivity index (χ3n) is 6.00. The minimum absolute atomic E-state index is 0.0649. The summed E-state index contributed by atoms with van der Waals surface area (Å²) in [6.45, 7) is 7.52. The van der Waals surface area contributed by atoms with Crippen LogP contribution < -0.4 is 4.74 Å². The first-order chi connectivity index (χ1) is 22.1. The summed E-state index contributed by atoms with van der Waals surface area (Å²) in [5.74, 6) is -4.33. The molecule has 0 saturated carbocycles. The number of hydrogen-bond donors (Lipinski definition) is 4. The van der Waals surface area contributed by atoms with E-state index in [0.717, 1.165) is 19.6 Å². The molecule has 0 saturated heterocycles. The minimum Gasteiger partial charge on any atom is -0.492 e. The van der Waals surface area contributed by atoms with E-state index in [1.54, 1.807) is 12.1 Å². The number of rotatable bonds is 14. The average Bonchev–Trinajstić information content (AvgIpc) is 3.03. The second kappa shape index (κ2) is 16.9. The Labute approximate surface area is 257 Å². The van der Waals surface area contributed by atoms with Crippen LogP contribution in [0.2, 0.25) is 0 Å². The van der Waals surface area contributed by atoms with Gasteiger partial charge in [-0.1, -0.05) is 98.1 Å². The second-order valence-electron chi connectivity index (χ2n) is 8.93. The Hall–Kier alpha value is -4.18. The number of carboxylic acids is 3. The molecule has 0 bridgehead atoms. The number of likely N-dealkylation sites (N-methyl/N-ethyl adjacent to an activating group) is 1. The maximum Gasteiger partial charge on any atom is 0.336 e. The number of hydrogen-bond acceptors (Lipinski definition) is 6. The van der Waals surface area contributed by atoms with Gasteiger partial charge in [0.15, 0.2) is 5.60 Å². The number of benzene rings is 3. The molecule has 3 aromatic rings. The van der Waals surface area contributed by atoms with Crippen LogP contribution in [-0.2, 0) is 14.4 Å². The van der Waals surface area contributed by atoms with Gasteiger partial charge in [0.05, 0.1) is 24.7 Å². The fourth-order valence-corrected chi connectivity index (χ4v) is 4.08. The monoisotopic (exact) mass is 602 g/mol. The van der Waals surface area contributed by atoms with Crippen molar-refractivity contribution in [2.75, 3.05) is 26.2 Å². The van der Waals surface area contributed by atoms with Gasteiger partial charge in [0, 0.05) is 12.1 Å². The van der Waals surface area contributed by atoms with Gasteiger partial charge >= 0.3 is 17.9 Å². The summed E-state index contributed by atoms with van der Waals surface area (Å²) in [4.78, 5) is 32.8. The summed E-state index contributed by atoms with van der Waals surface area (Å²) in [5, 5.41) is 34.1. The van der Waals surface area contributed by atoms with Gasteiger partial charge in [0.1, 0.15) is 12.4 Å². The zero-order chi connectivity index (χ0) is 35.5. The van der Waals surface area contributed by atoms with E-state index in [1.807, 2.05) is 42.5 Å². The molecule has 0 aromatic heterocycles. The number of carbonyl (C=O) groups is 3. The predicted molar refractivity (Wildman–Crippen MR) is 161 cm³/mol. The summed E-state index contributed by atoms with van der Waals surface area (Å²) in [5.41, 5.74) is -0.985. The van der Waals surface area contributed by atoms with Crippen LogP contribution in [0.4, 0.5) is 0 Å². The molecule has 10 heteroatoms. The second-order valence-corrected chi connectivity index (χ2v) is 9.31. The molecule has 0 spiro atoms. The predicted octanol–water partition coefficient (Wildman–Crippen LogP) is 5.31. The van der Waals surface area contributed by atoms with Crippen molar-refractivity contribution < 1.29 is 46.4 Å². The Morgan fingerprint density at radius 1 is 0.833 bits per heavy atom. The van der Waals surface area contributed by atoms with Gasteiger partial charge < -0.3 is 30.1 Å². The van der Waals surface area contributed by atoms with Gasteiger partial charge in [-0.2, -0.15) is 0 Å². The quantitative estimate of drug-likeness (QED) is 0.180. The normalized spacial score (nSPS) is 13.3. The number of aliphatic hydroxyl groups is 1. The Kier molecular flexibility index (Phi) is 10.8. The van der Waals surface area contributed by atoms with Crippen LogP contribution >= 0.6 is 11.6 Å². The van der Waals surface area contributed by atoms with E-state index in [9.17, 15) is 14.4 Å². The van der Waals surface area contributed by atoms with Gasteiger partial charge in [-0.05, 0) is 41.9 Å². The summed E-state index contributed by atoms with van der Waals surface area (Å²) < 4.78 is 47.0. The van der Waals surface area contributed by atoms with E-state index in [1.165, 1.54) is 0 Å². The van der Waals surface area contributed by atoms with Crippen molar-refractivity contribution in [3.8, 4) is 5.75 Å². The highest BCUT2D eigenvalue weighted by molar-refractivity contribution is 6.53. The fraction of sp³-hybridized carbons (Fsp3) is 0.281. The first-order valence-corrected chi connectivity index (χ1v) is 13.3. The minimum atomic E-state index is -2.74.